The third-order valence-corrected chi connectivity index (χ3v) is 2.15. The van der Waals surface area contributed by atoms with Crippen molar-refractivity contribution in [1.29, 1.82) is 0 Å². The van der Waals surface area contributed by atoms with Crippen LogP contribution in [0.15, 0.2) is 16.9 Å². The minimum atomic E-state index is 0.709. The van der Waals surface area contributed by atoms with Crippen LogP contribution in [-0.4, -0.2) is 15.4 Å². The van der Waals surface area contributed by atoms with E-state index in [1.807, 2.05) is 13.8 Å². The van der Waals surface area contributed by atoms with Gasteiger partial charge in [0.15, 0.2) is 0 Å². The molecule has 0 saturated heterocycles. The molecule has 0 unspecified atom stereocenters. The normalized spacial score (nSPS) is 10.4. The zero-order chi connectivity index (χ0) is 9.97. The Kier molecular flexibility index (Phi) is 2.22. The summed E-state index contributed by atoms with van der Waals surface area (Å²) in [7, 11) is 0. The molecule has 0 radical (unpaired) electrons. The molecule has 2 aromatic heterocycles. The van der Waals surface area contributed by atoms with E-state index in [2.05, 4.69) is 20.7 Å². The van der Waals surface area contributed by atoms with Crippen molar-refractivity contribution in [1.82, 2.24) is 15.4 Å². The molecular formula is C9H12N4O. The van der Waals surface area contributed by atoms with Crippen LogP contribution < -0.4 is 5.32 Å². The maximum atomic E-state index is 5.05. The van der Waals surface area contributed by atoms with Crippen LogP contribution in [0.2, 0.25) is 0 Å². The van der Waals surface area contributed by atoms with E-state index in [9.17, 15) is 0 Å². The summed E-state index contributed by atoms with van der Waals surface area (Å²) in [6.45, 7) is 4.55. The highest BCUT2D eigenvalue weighted by Crippen LogP contribution is 2.14. The smallest absolute Gasteiger partial charge is 0.138 e. The lowest BCUT2D eigenvalue weighted by Gasteiger charge is -2.01. The Morgan fingerprint density at radius 3 is 2.93 bits per heavy atom. The average molecular weight is 192 g/mol. The monoisotopic (exact) mass is 192 g/mol. The molecule has 0 aliphatic carbocycles. The first-order chi connectivity index (χ1) is 6.77. The summed E-state index contributed by atoms with van der Waals surface area (Å²) in [4.78, 5) is 0. The minimum Gasteiger partial charge on any atom is -0.378 e. The highest BCUT2D eigenvalue weighted by molar-refractivity contribution is 5.39. The lowest BCUT2D eigenvalue weighted by Crippen LogP contribution is -2.00. The number of rotatable bonds is 3. The van der Waals surface area contributed by atoms with Crippen molar-refractivity contribution >= 4 is 5.69 Å². The molecule has 5 heteroatoms. The first kappa shape index (κ1) is 8.80. The van der Waals surface area contributed by atoms with Gasteiger partial charge in [-0.1, -0.05) is 5.16 Å². The Morgan fingerprint density at radius 2 is 2.36 bits per heavy atom. The standard InChI is InChI=1S/C9H12N4O/c1-6-9(7(2)14-13-6)5-10-8-3-11-12-4-8/h3-4,10H,5H2,1-2H3,(H,11,12). The number of aromatic amines is 1. The van der Waals surface area contributed by atoms with Crippen LogP contribution >= 0.6 is 0 Å². The number of nitrogens with one attached hydrogen (secondary N) is 2. The van der Waals surface area contributed by atoms with E-state index in [0.717, 1.165) is 22.7 Å². The largest absolute Gasteiger partial charge is 0.378 e. The second-order valence-electron chi connectivity index (χ2n) is 3.14. The van der Waals surface area contributed by atoms with Crippen LogP contribution in [0.4, 0.5) is 5.69 Å². The summed E-state index contributed by atoms with van der Waals surface area (Å²) in [6, 6.07) is 0. The van der Waals surface area contributed by atoms with Crippen molar-refractivity contribution in [2.45, 2.75) is 20.4 Å². The van der Waals surface area contributed by atoms with Crippen molar-refractivity contribution in [3.8, 4) is 0 Å². The van der Waals surface area contributed by atoms with Gasteiger partial charge in [0, 0.05) is 18.3 Å². The van der Waals surface area contributed by atoms with Crippen LogP contribution in [0.1, 0.15) is 17.0 Å². The van der Waals surface area contributed by atoms with Crippen LogP contribution in [-0.2, 0) is 6.54 Å². The zero-order valence-electron chi connectivity index (χ0n) is 8.16. The summed E-state index contributed by atoms with van der Waals surface area (Å²) < 4.78 is 5.05. The molecule has 2 heterocycles. The van der Waals surface area contributed by atoms with Gasteiger partial charge < -0.3 is 9.84 Å². The third kappa shape index (κ3) is 1.61. The van der Waals surface area contributed by atoms with Gasteiger partial charge in [-0.3, -0.25) is 5.10 Å². The van der Waals surface area contributed by atoms with Gasteiger partial charge in [0.05, 0.1) is 17.6 Å². The Morgan fingerprint density at radius 1 is 1.50 bits per heavy atom. The van der Waals surface area contributed by atoms with E-state index in [1.165, 1.54) is 0 Å². The fourth-order valence-electron chi connectivity index (χ4n) is 1.29. The summed E-state index contributed by atoms with van der Waals surface area (Å²) in [5.74, 6) is 0.860. The van der Waals surface area contributed by atoms with E-state index >= 15 is 0 Å². The molecule has 0 aliphatic rings. The lowest BCUT2D eigenvalue weighted by atomic mass is 10.2. The molecule has 5 nitrogen and oxygen atoms in total. The number of aromatic nitrogens is 3. The molecule has 0 atom stereocenters. The molecule has 0 bridgehead atoms. The van der Waals surface area contributed by atoms with E-state index in [1.54, 1.807) is 12.4 Å². The number of hydrogen-bond acceptors (Lipinski definition) is 4. The number of nitrogens with zero attached hydrogens (tertiary/aromatic N) is 2. The second-order valence-corrected chi connectivity index (χ2v) is 3.14. The molecule has 0 aliphatic heterocycles. The predicted molar refractivity (Wildman–Crippen MR) is 51.9 cm³/mol. The fraction of sp³-hybridized carbons (Fsp3) is 0.333. The first-order valence-electron chi connectivity index (χ1n) is 4.42. The molecule has 0 aromatic carbocycles. The summed E-state index contributed by atoms with van der Waals surface area (Å²) in [5, 5.41) is 13.7. The Bertz CT molecular complexity index is 385. The summed E-state index contributed by atoms with van der Waals surface area (Å²) in [5.41, 5.74) is 3.00. The van der Waals surface area contributed by atoms with Gasteiger partial charge in [-0.2, -0.15) is 5.10 Å². The highest BCUT2D eigenvalue weighted by atomic mass is 16.5. The van der Waals surface area contributed by atoms with Crippen LogP contribution in [0.3, 0.4) is 0 Å². The maximum Gasteiger partial charge on any atom is 0.138 e. The van der Waals surface area contributed by atoms with Gasteiger partial charge in [-0.15, -0.1) is 0 Å². The molecule has 14 heavy (non-hydrogen) atoms. The van der Waals surface area contributed by atoms with E-state index < -0.39 is 0 Å². The van der Waals surface area contributed by atoms with E-state index in [4.69, 9.17) is 4.52 Å². The first-order valence-corrected chi connectivity index (χ1v) is 4.42. The quantitative estimate of drug-likeness (QED) is 0.775. The SMILES string of the molecule is Cc1noc(C)c1CNc1cn[nH]c1. The maximum absolute atomic E-state index is 5.05. The van der Waals surface area contributed by atoms with Gasteiger partial charge in [-0.25, -0.2) is 0 Å². The van der Waals surface area contributed by atoms with Gasteiger partial charge in [0.25, 0.3) is 0 Å². The summed E-state index contributed by atoms with van der Waals surface area (Å²) >= 11 is 0. The van der Waals surface area contributed by atoms with Gasteiger partial charge >= 0.3 is 0 Å². The molecule has 0 amide bonds. The van der Waals surface area contributed by atoms with E-state index in [-0.39, 0.29) is 0 Å². The Labute approximate surface area is 81.5 Å². The number of hydrogen-bond donors (Lipinski definition) is 2. The van der Waals surface area contributed by atoms with Crippen LogP contribution in [0, 0.1) is 13.8 Å². The molecule has 74 valence electrons. The summed E-state index contributed by atoms with van der Waals surface area (Å²) in [6.07, 6.45) is 3.54. The zero-order valence-corrected chi connectivity index (χ0v) is 8.16. The number of H-pyrrole nitrogens is 1. The number of aryl methyl sites for hydroxylation is 2. The minimum absolute atomic E-state index is 0.709. The molecule has 0 spiro atoms. The van der Waals surface area contributed by atoms with Gasteiger partial charge in [0.1, 0.15) is 5.76 Å². The second kappa shape index (κ2) is 3.53. The third-order valence-electron chi connectivity index (χ3n) is 2.15. The van der Waals surface area contributed by atoms with Crippen molar-refractivity contribution in [3.05, 3.63) is 29.4 Å². The fourth-order valence-corrected chi connectivity index (χ4v) is 1.29. The van der Waals surface area contributed by atoms with Crippen molar-refractivity contribution in [3.63, 3.8) is 0 Å². The molecule has 2 aromatic rings. The number of anilines is 1. The van der Waals surface area contributed by atoms with E-state index in [0.29, 0.717) is 6.54 Å². The highest BCUT2D eigenvalue weighted by Gasteiger charge is 2.07. The van der Waals surface area contributed by atoms with Crippen molar-refractivity contribution < 1.29 is 4.52 Å². The molecule has 2 N–H and O–H groups in total. The van der Waals surface area contributed by atoms with Gasteiger partial charge in [-0.05, 0) is 13.8 Å². The van der Waals surface area contributed by atoms with Crippen LogP contribution in [0.5, 0.6) is 0 Å². The Balaban J connectivity index is 2.05. The van der Waals surface area contributed by atoms with Crippen LogP contribution in [0.25, 0.3) is 0 Å². The molecule has 0 fully saturated rings. The molecule has 0 saturated carbocycles. The predicted octanol–water partition coefficient (Wildman–Crippen LogP) is 1.63. The van der Waals surface area contributed by atoms with Gasteiger partial charge in [0.2, 0.25) is 0 Å². The van der Waals surface area contributed by atoms with Crippen molar-refractivity contribution in [2.75, 3.05) is 5.32 Å². The topological polar surface area (TPSA) is 66.7 Å². The van der Waals surface area contributed by atoms with Crippen molar-refractivity contribution in [2.24, 2.45) is 0 Å². The molecule has 2 rings (SSSR count). The average Bonchev–Trinajstić information content (AvgIpc) is 2.76. The lowest BCUT2D eigenvalue weighted by molar-refractivity contribution is 0.392. The Hall–Kier alpha value is -1.78. The molecular weight excluding hydrogens is 180 g/mol.